The van der Waals surface area contributed by atoms with Crippen LogP contribution in [-0.2, 0) is 28.5 Å². The molecule has 0 saturated heterocycles. The molecule has 0 aromatic rings. The summed E-state index contributed by atoms with van der Waals surface area (Å²) < 4.78 is 20.4. The molecule has 0 spiro atoms. The SMILES string of the molecule is CCCCCOC(=O)C(OC)C(OC)C(=O)OCCCCC. The van der Waals surface area contributed by atoms with Gasteiger partial charge in [-0.05, 0) is 12.8 Å². The fourth-order valence-corrected chi connectivity index (χ4v) is 1.90. The predicted molar refractivity (Wildman–Crippen MR) is 82.6 cm³/mol. The van der Waals surface area contributed by atoms with E-state index in [2.05, 4.69) is 13.8 Å². The summed E-state index contributed by atoms with van der Waals surface area (Å²) in [4.78, 5) is 24.0. The van der Waals surface area contributed by atoms with Gasteiger partial charge in [-0.2, -0.15) is 0 Å². The second kappa shape index (κ2) is 13.5. The number of hydrogen-bond donors (Lipinski definition) is 0. The summed E-state index contributed by atoms with van der Waals surface area (Å²) in [5, 5.41) is 0. The third-order valence-corrected chi connectivity index (χ3v) is 3.23. The van der Waals surface area contributed by atoms with Crippen LogP contribution in [0, 0.1) is 0 Å². The minimum Gasteiger partial charge on any atom is -0.464 e. The molecule has 0 aromatic carbocycles. The molecule has 6 nitrogen and oxygen atoms in total. The number of carbonyl (C=O) groups excluding carboxylic acids is 2. The van der Waals surface area contributed by atoms with E-state index >= 15 is 0 Å². The van der Waals surface area contributed by atoms with Crippen LogP contribution in [0.1, 0.15) is 52.4 Å². The van der Waals surface area contributed by atoms with Crippen molar-refractivity contribution < 1.29 is 28.5 Å². The van der Waals surface area contributed by atoms with E-state index < -0.39 is 24.1 Å². The molecule has 0 saturated carbocycles. The third kappa shape index (κ3) is 8.34. The topological polar surface area (TPSA) is 71.1 Å². The summed E-state index contributed by atoms with van der Waals surface area (Å²) in [7, 11) is 2.68. The van der Waals surface area contributed by atoms with Gasteiger partial charge in [0, 0.05) is 14.2 Å². The van der Waals surface area contributed by atoms with Gasteiger partial charge in [0.25, 0.3) is 0 Å². The number of ether oxygens (including phenoxy) is 4. The number of esters is 2. The van der Waals surface area contributed by atoms with Crippen LogP contribution < -0.4 is 0 Å². The molecule has 0 bridgehead atoms. The lowest BCUT2D eigenvalue weighted by Gasteiger charge is -2.22. The molecule has 22 heavy (non-hydrogen) atoms. The first kappa shape index (κ1) is 20.9. The molecule has 0 fully saturated rings. The van der Waals surface area contributed by atoms with Crippen molar-refractivity contribution in [2.45, 2.75) is 64.6 Å². The summed E-state index contributed by atoms with van der Waals surface area (Å²) in [6.07, 6.45) is 3.41. The summed E-state index contributed by atoms with van der Waals surface area (Å²) in [6.45, 7) is 4.76. The number of unbranched alkanes of at least 4 members (excludes halogenated alkanes) is 4. The molecule has 0 aliphatic carbocycles. The number of carbonyl (C=O) groups is 2. The zero-order valence-electron chi connectivity index (χ0n) is 14.3. The Balaban J connectivity index is 4.37. The molecule has 6 heteroatoms. The van der Waals surface area contributed by atoms with Crippen molar-refractivity contribution in [2.75, 3.05) is 27.4 Å². The molecule has 0 aliphatic rings. The Kier molecular flexibility index (Phi) is 12.8. The van der Waals surface area contributed by atoms with Crippen LogP contribution in [0.25, 0.3) is 0 Å². The van der Waals surface area contributed by atoms with E-state index in [0.717, 1.165) is 38.5 Å². The molecule has 0 amide bonds. The molecular formula is C16H30O6. The van der Waals surface area contributed by atoms with Crippen LogP contribution in [0.5, 0.6) is 0 Å². The lowest BCUT2D eigenvalue weighted by Crippen LogP contribution is -2.44. The first-order chi connectivity index (χ1) is 10.6. The first-order valence-corrected chi connectivity index (χ1v) is 8.01. The second-order valence-electron chi connectivity index (χ2n) is 5.06. The highest BCUT2D eigenvalue weighted by atomic mass is 16.6. The van der Waals surface area contributed by atoms with E-state index in [4.69, 9.17) is 18.9 Å². The minimum atomic E-state index is -1.11. The van der Waals surface area contributed by atoms with E-state index in [1.165, 1.54) is 14.2 Å². The lowest BCUT2D eigenvalue weighted by atomic mass is 10.2. The molecule has 0 aliphatic heterocycles. The van der Waals surface area contributed by atoms with Crippen LogP contribution in [0.4, 0.5) is 0 Å². The third-order valence-electron chi connectivity index (χ3n) is 3.23. The van der Waals surface area contributed by atoms with Crippen molar-refractivity contribution >= 4 is 11.9 Å². The van der Waals surface area contributed by atoms with Gasteiger partial charge in [-0.15, -0.1) is 0 Å². The zero-order valence-corrected chi connectivity index (χ0v) is 14.3. The second-order valence-corrected chi connectivity index (χ2v) is 5.06. The Labute approximate surface area is 133 Å². The van der Waals surface area contributed by atoms with Crippen molar-refractivity contribution in [3.05, 3.63) is 0 Å². The van der Waals surface area contributed by atoms with E-state index in [-0.39, 0.29) is 0 Å². The first-order valence-electron chi connectivity index (χ1n) is 8.01. The van der Waals surface area contributed by atoms with Crippen LogP contribution >= 0.6 is 0 Å². The summed E-state index contributed by atoms with van der Waals surface area (Å²) >= 11 is 0. The minimum absolute atomic E-state index is 0.314. The molecule has 2 unspecified atom stereocenters. The van der Waals surface area contributed by atoms with E-state index in [1.54, 1.807) is 0 Å². The lowest BCUT2D eigenvalue weighted by molar-refractivity contribution is -0.178. The van der Waals surface area contributed by atoms with Gasteiger partial charge in [0.05, 0.1) is 13.2 Å². The Hall–Kier alpha value is -1.14. The fourth-order valence-electron chi connectivity index (χ4n) is 1.90. The molecule has 0 N–H and O–H groups in total. The zero-order chi connectivity index (χ0) is 16.8. The average Bonchev–Trinajstić information content (AvgIpc) is 2.52. The Morgan fingerprint density at radius 2 is 1.09 bits per heavy atom. The van der Waals surface area contributed by atoms with Gasteiger partial charge < -0.3 is 18.9 Å². The van der Waals surface area contributed by atoms with Crippen molar-refractivity contribution in [1.29, 1.82) is 0 Å². The van der Waals surface area contributed by atoms with E-state index in [9.17, 15) is 9.59 Å². The quantitative estimate of drug-likeness (QED) is 0.384. The molecule has 2 atom stereocenters. The normalized spacial score (nSPS) is 13.5. The van der Waals surface area contributed by atoms with Crippen LogP contribution in [0.2, 0.25) is 0 Å². The van der Waals surface area contributed by atoms with Gasteiger partial charge in [0.2, 0.25) is 0 Å². The summed E-state index contributed by atoms with van der Waals surface area (Å²) in [5.74, 6) is -1.20. The smallest absolute Gasteiger partial charge is 0.338 e. The van der Waals surface area contributed by atoms with Crippen LogP contribution in [-0.4, -0.2) is 51.6 Å². The van der Waals surface area contributed by atoms with Gasteiger partial charge >= 0.3 is 11.9 Å². The van der Waals surface area contributed by atoms with Crippen LogP contribution in [0.15, 0.2) is 0 Å². The molecule has 0 rings (SSSR count). The predicted octanol–water partition coefficient (Wildman–Crippen LogP) is 2.48. The number of rotatable bonds is 13. The standard InChI is InChI=1S/C16H30O6/c1-5-7-9-11-21-15(17)13(19-3)14(20-4)16(18)22-12-10-8-6-2/h13-14H,5-12H2,1-4H3. The van der Waals surface area contributed by atoms with Crippen molar-refractivity contribution in [3.8, 4) is 0 Å². The average molecular weight is 318 g/mol. The Bertz CT molecular complexity index is 275. The van der Waals surface area contributed by atoms with Crippen LogP contribution in [0.3, 0.4) is 0 Å². The summed E-state index contributed by atoms with van der Waals surface area (Å²) in [6, 6.07) is 0. The van der Waals surface area contributed by atoms with Crippen molar-refractivity contribution in [2.24, 2.45) is 0 Å². The van der Waals surface area contributed by atoms with Gasteiger partial charge in [0.15, 0.2) is 12.2 Å². The highest BCUT2D eigenvalue weighted by molar-refractivity contribution is 5.85. The molecule has 130 valence electrons. The fraction of sp³-hybridized carbons (Fsp3) is 0.875. The Morgan fingerprint density at radius 3 is 1.36 bits per heavy atom. The van der Waals surface area contributed by atoms with Gasteiger partial charge in [-0.25, -0.2) is 9.59 Å². The maximum absolute atomic E-state index is 12.0. The van der Waals surface area contributed by atoms with Gasteiger partial charge in [-0.3, -0.25) is 0 Å². The number of methoxy groups -OCH3 is 2. The molecule has 0 aromatic heterocycles. The maximum atomic E-state index is 12.0. The van der Waals surface area contributed by atoms with Crippen molar-refractivity contribution in [3.63, 3.8) is 0 Å². The van der Waals surface area contributed by atoms with E-state index in [0.29, 0.717) is 13.2 Å². The highest BCUT2D eigenvalue weighted by Crippen LogP contribution is 2.09. The van der Waals surface area contributed by atoms with E-state index in [1.807, 2.05) is 0 Å². The monoisotopic (exact) mass is 318 g/mol. The van der Waals surface area contributed by atoms with Gasteiger partial charge in [0.1, 0.15) is 0 Å². The number of hydrogen-bond acceptors (Lipinski definition) is 6. The summed E-state index contributed by atoms with van der Waals surface area (Å²) in [5.41, 5.74) is 0. The van der Waals surface area contributed by atoms with Gasteiger partial charge in [-0.1, -0.05) is 39.5 Å². The molecule has 0 radical (unpaired) electrons. The Morgan fingerprint density at radius 1 is 0.727 bits per heavy atom. The molecular weight excluding hydrogens is 288 g/mol. The van der Waals surface area contributed by atoms with Crippen molar-refractivity contribution in [1.82, 2.24) is 0 Å². The molecule has 0 heterocycles. The largest absolute Gasteiger partial charge is 0.464 e. The maximum Gasteiger partial charge on any atom is 0.338 e. The highest BCUT2D eigenvalue weighted by Gasteiger charge is 2.36.